The Hall–Kier alpha value is 1.30. The first-order chi connectivity index (χ1) is 3.83. The molecule has 50 valence electrons. The van der Waals surface area contributed by atoms with Crippen LogP contribution in [-0.4, -0.2) is 25.2 Å². The van der Waals surface area contributed by atoms with Gasteiger partial charge in [0.1, 0.15) is 0 Å². The van der Waals surface area contributed by atoms with Crippen molar-refractivity contribution >= 4 is 12.9 Å². The zero-order chi connectivity index (χ0) is 7.41. The van der Waals surface area contributed by atoms with E-state index in [1.807, 2.05) is 0 Å². The van der Waals surface area contributed by atoms with Gasteiger partial charge in [-0.2, -0.15) is 0 Å². The number of carbonyl (C=O) groups excluding carboxylic acids is 2. The fraction of sp³-hybridized carbons (Fsp3) is 0.333. The van der Waals surface area contributed by atoms with Crippen LogP contribution < -0.4 is 87.3 Å². The van der Waals surface area contributed by atoms with Gasteiger partial charge in [-0.25, -0.2) is 0 Å². The largest absolute Gasteiger partial charge is 1.00 e. The standard InChI is InChI=1S/2CH2O2.CH4O.Li.Rb/c2*2-1-3;1-2;;/h2*1H,(H,2,3);2H,1H3;;/q;;;2*+1/p-2. The van der Waals surface area contributed by atoms with Crippen LogP contribution in [0, 0.1) is 0 Å². The second-order valence-electron chi connectivity index (χ2n) is 0.192. The molecule has 0 aromatic carbocycles. The van der Waals surface area contributed by atoms with Gasteiger partial charge in [-0.15, -0.1) is 0 Å². The molecule has 0 aromatic heterocycles. The van der Waals surface area contributed by atoms with E-state index in [1.165, 1.54) is 0 Å². The third kappa shape index (κ3) is 378. The summed E-state index contributed by atoms with van der Waals surface area (Å²) >= 11 is 0. The molecule has 10 heavy (non-hydrogen) atoms. The van der Waals surface area contributed by atoms with Crippen molar-refractivity contribution in [3.05, 3.63) is 0 Å². The Morgan fingerprint density at radius 3 is 1.10 bits per heavy atom. The fourth-order valence-corrected chi connectivity index (χ4v) is 0. The fourth-order valence-electron chi connectivity index (χ4n) is 0. The first kappa shape index (κ1) is 30.2. The molecule has 0 unspecified atom stereocenters. The molecule has 0 aliphatic carbocycles. The van der Waals surface area contributed by atoms with Gasteiger partial charge in [-0.05, 0) is 0 Å². The van der Waals surface area contributed by atoms with E-state index in [1.54, 1.807) is 0 Å². The summed E-state index contributed by atoms with van der Waals surface area (Å²) in [6.45, 7) is -1.00. The normalized spacial score (nSPS) is 3.00. The molecule has 5 nitrogen and oxygen atoms in total. The van der Waals surface area contributed by atoms with Crippen molar-refractivity contribution in [3.63, 3.8) is 0 Å². The Morgan fingerprint density at radius 1 is 1.10 bits per heavy atom. The summed E-state index contributed by atoms with van der Waals surface area (Å²) in [5.41, 5.74) is 0. The summed E-state index contributed by atoms with van der Waals surface area (Å²) < 4.78 is 0. The molecule has 0 atom stereocenters. The molecular formula is C3H6LiO5Rb. The predicted molar refractivity (Wildman–Crippen MR) is 20.3 cm³/mol. The Morgan fingerprint density at radius 2 is 1.10 bits per heavy atom. The van der Waals surface area contributed by atoms with Crippen LogP contribution in [0.2, 0.25) is 0 Å². The number of carboxylic acid groups (broad SMARTS) is 2. The zero-order valence-electron chi connectivity index (χ0n) is 6.23. The van der Waals surface area contributed by atoms with E-state index < -0.39 is 12.9 Å². The molecule has 0 fully saturated rings. The molecule has 0 amide bonds. The van der Waals surface area contributed by atoms with Crippen LogP contribution >= 0.6 is 0 Å². The van der Waals surface area contributed by atoms with Crippen molar-refractivity contribution in [1.29, 1.82) is 0 Å². The van der Waals surface area contributed by atoms with E-state index in [0.29, 0.717) is 0 Å². The van der Waals surface area contributed by atoms with Crippen molar-refractivity contribution in [2.24, 2.45) is 0 Å². The van der Waals surface area contributed by atoms with Gasteiger partial charge in [0.25, 0.3) is 0 Å². The summed E-state index contributed by atoms with van der Waals surface area (Å²) in [6, 6.07) is 0. The SMILES string of the molecule is CO.O=C[O-].O=C[O-].[Li+].[Rb+]. The Labute approximate surface area is 120 Å². The van der Waals surface area contributed by atoms with Crippen LogP contribution in [0.25, 0.3) is 0 Å². The van der Waals surface area contributed by atoms with Crippen LogP contribution in [0.4, 0.5) is 0 Å². The van der Waals surface area contributed by atoms with Crippen molar-refractivity contribution in [3.8, 4) is 0 Å². The molecule has 0 aromatic rings. The van der Waals surface area contributed by atoms with Gasteiger partial charge >= 0.3 is 77.0 Å². The molecule has 0 aliphatic rings. The summed E-state index contributed by atoms with van der Waals surface area (Å²) in [5, 5.41) is 23.5. The van der Waals surface area contributed by atoms with E-state index in [2.05, 4.69) is 0 Å². The second-order valence-corrected chi connectivity index (χ2v) is 0.192. The summed E-state index contributed by atoms with van der Waals surface area (Å²) in [4.78, 5) is 16.5. The predicted octanol–water partition coefficient (Wildman–Crippen LogP) is -9.65. The van der Waals surface area contributed by atoms with E-state index >= 15 is 0 Å². The third-order valence-corrected chi connectivity index (χ3v) is 0. The average Bonchev–Trinajstić information content (AvgIpc) is 1.75. The molecule has 0 saturated carbocycles. The molecule has 0 aliphatic heterocycles. The van der Waals surface area contributed by atoms with Crippen molar-refractivity contribution < 1.29 is 102 Å². The molecule has 1 N–H and O–H groups in total. The van der Waals surface area contributed by atoms with Crippen LogP contribution in [-0.2, 0) is 9.59 Å². The molecule has 0 radical (unpaired) electrons. The average molecular weight is 214 g/mol. The smallest absolute Gasteiger partial charge is 0.554 e. The molecule has 0 rings (SSSR count). The number of carbonyl (C=O) groups is 2. The number of hydrogen-bond acceptors (Lipinski definition) is 5. The quantitative estimate of drug-likeness (QED) is 0.319. The molecule has 0 bridgehead atoms. The second kappa shape index (κ2) is 81.7. The van der Waals surface area contributed by atoms with E-state index in [9.17, 15) is 0 Å². The third-order valence-electron chi connectivity index (χ3n) is 0. The number of aliphatic hydroxyl groups is 1. The van der Waals surface area contributed by atoms with Gasteiger partial charge in [0.15, 0.2) is 0 Å². The molecule has 0 spiro atoms. The number of rotatable bonds is 0. The Balaban J connectivity index is -0.0000000116. The van der Waals surface area contributed by atoms with Crippen LogP contribution in [0.3, 0.4) is 0 Å². The Bertz CT molecular complexity index is 37.9. The van der Waals surface area contributed by atoms with E-state index in [0.717, 1.165) is 7.11 Å². The van der Waals surface area contributed by atoms with Crippen molar-refractivity contribution in [1.82, 2.24) is 0 Å². The number of hydrogen-bond donors (Lipinski definition) is 1. The minimum atomic E-state index is -0.500. The van der Waals surface area contributed by atoms with Crippen LogP contribution in [0.5, 0.6) is 0 Å². The molecular weight excluding hydrogens is 208 g/mol. The van der Waals surface area contributed by atoms with Crippen molar-refractivity contribution in [2.75, 3.05) is 7.11 Å². The van der Waals surface area contributed by atoms with E-state index in [4.69, 9.17) is 24.9 Å². The van der Waals surface area contributed by atoms with Gasteiger partial charge in [-0.1, -0.05) is 0 Å². The first-order valence-electron chi connectivity index (χ1n) is 1.39. The van der Waals surface area contributed by atoms with E-state index in [-0.39, 0.29) is 77.0 Å². The summed E-state index contributed by atoms with van der Waals surface area (Å²) in [7, 11) is 1.00. The Kier molecular flexibility index (Phi) is 247. The maximum absolute atomic E-state index is 8.25. The molecule has 0 heterocycles. The first-order valence-corrected chi connectivity index (χ1v) is 1.39. The van der Waals surface area contributed by atoms with Crippen LogP contribution in [0.1, 0.15) is 0 Å². The zero-order valence-corrected chi connectivity index (χ0v) is 11.2. The molecule has 0 saturated heterocycles. The van der Waals surface area contributed by atoms with Gasteiger partial charge in [0.2, 0.25) is 0 Å². The van der Waals surface area contributed by atoms with Gasteiger partial charge in [0, 0.05) is 20.1 Å². The number of aliphatic hydroxyl groups excluding tert-OH is 1. The molecule has 7 heteroatoms. The minimum Gasteiger partial charge on any atom is -0.554 e. The maximum atomic E-state index is 8.25. The van der Waals surface area contributed by atoms with Crippen molar-refractivity contribution in [2.45, 2.75) is 0 Å². The van der Waals surface area contributed by atoms with Gasteiger partial charge in [-0.3, -0.25) is 0 Å². The minimum absolute atomic E-state index is 0. The maximum Gasteiger partial charge on any atom is 1.00 e. The van der Waals surface area contributed by atoms with Gasteiger partial charge in [0.05, 0.1) is 0 Å². The topological polar surface area (TPSA) is 100 Å². The summed E-state index contributed by atoms with van der Waals surface area (Å²) in [5.74, 6) is 0. The van der Waals surface area contributed by atoms with Crippen LogP contribution in [0.15, 0.2) is 0 Å². The van der Waals surface area contributed by atoms with Gasteiger partial charge < -0.3 is 24.9 Å². The summed E-state index contributed by atoms with van der Waals surface area (Å²) in [6.07, 6.45) is 0. The monoisotopic (exact) mass is 214 g/mol.